The van der Waals surface area contributed by atoms with Crippen LogP contribution in [0.2, 0.25) is 0 Å². The number of aryl methyl sites for hydroxylation is 1. The number of Topliss-reactive ketones (excluding diaryl/α,β-unsaturated/α-hetero) is 1. The molecule has 25 heavy (non-hydrogen) atoms. The van der Waals surface area contributed by atoms with Crippen molar-refractivity contribution < 1.29 is 14.4 Å². The van der Waals surface area contributed by atoms with Gasteiger partial charge in [-0.05, 0) is 24.8 Å². The quantitative estimate of drug-likeness (QED) is 0.701. The van der Waals surface area contributed by atoms with Gasteiger partial charge in [-0.25, -0.2) is 0 Å². The number of benzene rings is 1. The first-order chi connectivity index (χ1) is 12.1. The van der Waals surface area contributed by atoms with Gasteiger partial charge in [0.05, 0.1) is 0 Å². The summed E-state index contributed by atoms with van der Waals surface area (Å²) < 4.78 is 0. The van der Waals surface area contributed by atoms with Gasteiger partial charge >= 0.3 is 0 Å². The molecule has 1 heterocycles. The molecule has 2 amide bonds. The average Bonchev–Trinajstić information content (AvgIpc) is 3.15. The van der Waals surface area contributed by atoms with Gasteiger partial charge in [-0.1, -0.05) is 37.6 Å². The Labute approximate surface area is 149 Å². The fraction of sp³-hybridized carbons (Fsp3) is 0.550. The van der Waals surface area contributed by atoms with E-state index in [4.69, 9.17) is 0 Å². The van der Waals surface area contributed by atoms with Gasteiger partial charge in [0.2, 0.25) is 11.8 Å². The van der Waals surface area contributed by atoms with Gasteiger partial charge in [-0.15, -0.1) is 0 Å². The van der Waals surface area contributed by atoms with Crippen LogP contribution in [0.3, 0.4) is 0 Å². The van der Waals surface area contributed by atoms with Crippen LogP contribution in [0.1, 0.15) is 61.4 Å². The average molecular weight is 344 g/mol. The van der Waals surface area contributed by atoms with Crippen molar-refractivity contribution >= 4 is 17.6 Å². The lowest BCUT2D eigenvalue weighted by molar-refractivity contribution is -0.130. The molecule has 136 valence electrons. The molecule has 1 aliphatic heterocycles. The van der Waals surface area contributed by atoms with Crippen LogP contribution in [0.15, 0.2) is 24.3 Å². The smallest absolute Gasteiger partial charge is 0.224 e. The Bertz CT molecular complexity index is 589. The lowest BCUT2D eigenvalue weighted by atomic mass is 10.0. The normalized spacial score (nSPS) is 13.7. The highest BCUT2D eigenvalue weighted by Crippen LogP contribution is 2.10. The van der Waals surface area contributed by atoms with Gasteiger partial charge < -0.3 is 10.2 Å². The minimum Gasteiger partial charge on any atom is -0.356 e. The first kappa shape index (κ1) is 19.2. The third-order valence-corrected chi connectivity index (χ3v) is 4.51. The third-order valence-electron chi connectivity index (χ3n) is 4.51. The zero-order valence-corrected chi connectivity index (χ0v) is 15.1. The van der Waals surface area contributed by atoms with Crippen LogP contribution >= 0.6 is 0 Å². The molecular weight excluding hydrogens is 316 g/mol. The molecule has 1 fully saturated rings. The van der Waals surface area contributed by atoms with Crippen LogP contribution in [0.4, 0.5) is 0 Å². The number of hydrogen-bond donors (Lipinski definition) is 1. The van der Waals surface area contributed by atoms with E-state index in [0.717, 1.165) is 38.8 Å². The van der Waals surface area contributed by atoms with Crippen LogP contribution in [0.25, 0.3) is 0 Å². The number of carbonyl (C=O) groups excluding carboxylic acids is 3. The summed E-state index contributed by atoms with van der Waals surface area (Å²) in [5.41, 5.74) is 1.87. The van der Waals surface area contributed by atoms with Crippen LogP contribution < -0.4 is 5.32 Å². The maximum absolute atomic E-state index is 12.1. The number of likely N-dealkylation sites (tertiary alicyclic amines) is 1. The lowest BCUT2D eigenvalue weighted by Crippen LogP contribution is -2.32. The fourth-order valence-corrected chi connectivity index (χ4v) is 3.04. The number of amides is 2. The van der Waals surface area contributed by atoms with E-state index >= 15 is 0 Å². The molecule has 0 aliphatic carbocycles. The van der Waals surface area contributed by atoms with Crippen molar-refractivity contribution in [3.05, 3.63) is 35.4 Å². The molecule has 0 unspecified atom stereocenters. The van der Waals surface area contributed by atoms with E-state index in [1.54, 1.807) is 0 Å². The summed E-state index contributed by atoms with van der Waals surface area (Å²) in [6, 6.07) is 7.61. The highest BCUT2D eigenvalue weighted by Gasteiger charge is 2.17. The van der Waals surface area contributed by atoms with E-state index in [1.807, 2.05) is 29.2 Å². The molecule has 0 saturated carbocycles. The second-order valence-electron chi connectivity index (χ2n) is 6.56. The Morgan fingerprint density at radius 3 is 2.32 bits per heavy atom. The molecule has 0 bridgehead atoms. The Hall–Kier alpha value is -2.17. The Morgan fingerprint density at radius 2 is 1.68 bits per heavy atom. The monoisotopic (exact) mass is 344 g/mol. The van der Waals surface area contributed by atoms with Crippen molar-refractivity contribution in [2.75, 3.05) is 19.6 Å². The molecule has 1 N–H and O–H groups in total. The minimum atomic E-state index is -0.176. The molecule has 0 atom stereocenters. The highest BCUT2D eigenvalue weighted by atomic mass is 16.2. The molecule has 1 aromatic rings. The Balaban J connectivity index is 1.65. The van der Waals surface area contributed by atoms with Gasteiger partial charge in [0.1, 0.15) is 0 Å². The highest BCUT2D eigenvalue weighted by molar-refractivity contribution is 5.98. The summed E-state index contributed by atoms with van der Waals surface area (Å²) in [4.78, 5) is 37.7. The molecule has 2 rings (SSSR count). The van der Waals surface area contributed by atoms with Crippen LogP contribution in [0.5, 0.6) is 0 Å². The van der Waals surface area contributed by atoms with E-state index in [-0.39, 0.29) is 30.4 Å². The van der Waals surface area contributed by atoms with Gasteiger partial charge in [-0.2, -0.15) is 0 Å². The molecule has 0 spiro atoms. The summed E-state index contributed by atoms with van der Waals surface area (Å²) in [5.74, 6) is -0.0995. The molecule has 1 saturated heterocycles. The second kappa shape index (κ2) is 9.97. The zero-order chi connectivity index (χ0) is 18.1. The van der Waals surface area contributed by atoms with Crippen molar-refractivity contribution in [1.82, 2.24) is 10.2 Å². The van der Waals surface area contributed by atoms with Crippen LogP contribution in [0, 0.1) is 0 Å². The third kappa shape index (κ3) is 6.33. The number of carbonyl (C=O) groups is 3. The number of hydrogen-bond acceptors (Lipinski definition) is 3. The van der Waals surface area contributed by atoms with E-state index in [0.29, 0.717) is 18.5 Å². The van der Waals surface area contributed by atoms with Gasteiger partial charge in [0.25, 0.3) is 0 Å². The minimum absolute atomic E-state index is 0.0219. The summed E-state index contributed by atoms with van der Waals surface area (Å²) in [7, 11) is 0. The topological polar surface area (TPSA) is 66.5 Å². The van der Waals surface area contributed by atoms with Crippen molar-refractivity contribution in [2.24, 2.45) is 0 Å². The SMILES string of the molecule is CCCc1ccc(C(=O)CCC(=O)NCCC(=O)N2CCCC2)cc1. The fourth-order valence-electron chi connectivity index (χ4n) is 3.04. The van der Waals surface area contributed by atoms with Gasteiger partial charge in [0, 0.05) is 44.5 Å². The number of ketones is 1. The van der Waals surface area contributed by atoms with Crippen molar-refractivity contribution in [2.45, 2.75) is 51.9 Å². The molecule has 5 heteroatoms. The summed E-state index contributed by atoms with van der Waals surface area (Å²) in [6.45, 7) is 4.13. The summed E-state index contributed by atoms with van der Waals surface area (Å²) in [6.07, 6.45) is 4.91. The van der Waals surface area contributed by atoms with Crippen LogP contribution in [-0.4, -0.2) is 42.1 Å². The zero-order valence-electron chi connectivity index (χ0n) is 15.1. The van der Waals surface area contributed by atoms with Crippen LogP contribution in [-0.2, 0) is 16.0 Å². The second-order valence-corrected chi connectivity index (χ2v) is 6.56. The maximum atomic E-state index is 12.1. The predicted molar refractivity (Wildman–Crippen MR) is 97.4 cm³/mol. The first-order valence-corrected chi connectivity index (χ1v) is 9.26. The van der Waals surface area contributed by atoms with Crippen molar-refractivity contribution in [1.29, 1.82) is 0 Å². The molecule has 0 radical (unpaired) electrons. The molecule has 0 aromatic heterocycles. The Kier molecular flexibility index (Phi) is 7.64. The lowest BCUT2D eigenvalue weighted by Gasteiger charge is -2.15. The number of rotatable bonds is 9. The summed E-state index contributed by atoms with van der Waals surface area (Å²) >= 11 is 0. The molecule has 5 nitrogen and oxygen atoms in total. The van der Waals surface area contributed by atoms with Crippen molar-refractivity contribution in [3.63, 3.8) is 0 Å². The van der Waals surface area contributed by atoms with E-state index < -0.39 is 0 Å². The van der Waals surface area contributed by atoms with E-state index in [9.17, 15) is 14.4 Å². The maximum Gasteiger partial charge on any atom is 0.224 e. The summed E-state index contributed by atoms with van der Waals surface area (Å²) in [5, 5.41) is 2.73. The van der Waals surface area contributed by atoms with E-state index in [1.165, 1.54) is 5.56 Å². The van der Waals surface area contributed by atoms with Gasteiger partial charge in [-0.3, -0.25) is 14.4 Å². The molecule has 1 aliphatic rings. The molecule has 1 aromatic carbocycles. The predicted octanol–water partition coefficient (Wildman–Crippen LogP) is 2.73. The standard InChI is InChI=1S/C20H28N2O3/c1-2-5-16-6-8-17(9-7-16)18(23)10-11-19(24)21-13-12-20(25)22-14-3-4-15-22/h6-9H,2-5,10-15H2,1H3,(H,21,24). The number of nitrogens with zero attached hydrogens (tertiary/aromatic N) is 1. The number of nitrogens with one attached hydrogen (secondary N) is 1. The van der Waals surface area contributed by atoms with Crippen molar-refractivity contribution in [3.8, 4) is 0 Å². The molecular formula is C20H28N2O3. The largest absolute Gasteiger partial charge is 0.356 e. The van der Waals surface area contributed by atoms with Gasteiger partial charge in [0.15, 0.2) is 5.78 Å². The Morgan fingerprint density at radius 1 is 1.00 bits per heavy atom. The first-order valence-electron chi connectivity index (χ1n) is 9.26. The van der Waals surface area contributed by atoms with E-state index in [2.05, 4.69) is 12.2 Å².